The monoisotopic (exact) mass is 229 g/mol. The number of esters is 1. The normalized spacial score (nSPS) is 20.7. The van der Waals surface area contributed by atoms with Crippen molar-refractivity contribution in [2.75, 3.05) is 26.4 Å². The van der Waals surface area contributed by atoms with Crippen molar-refractivity contribution in [2.45, 2.75) is 45.1 Å². The van der Waals surface area contributed by atoms with Gasteiger partial charge in [0, 0.05) is 6.61 Å². The summed E-state index contributed by atoms with van der Waals surface area (Å²) in [4.78, 5) is 11.5. The van der Waals surface area contributed by atoms with Crippen LogP contribution < -0.4 is 5.32 Å². The van der Waals surface area contributed by atoms with Crippen LogP contribution in [-0.4, -0.2) is 38.4 Å². The molecule has 1 fully saturated rings. The highest BCUT2D eigenvalue weighted by molar-refractivity contribution is 5.75. The van der Waals surface area contributed by atoms with E-state index in [1.165, 1.54) is 0 Å². The smallest absolute Gasteiger partial charge is 0.323 e. The predicted molar refractivity (Wildman–Crippen MR) is 62.3 cm³/mol. The molecule has 4 nitrogen and oxygen atoms in total. The maximum atomic E-state index is 11.5. The first-order chi connectivity index (χ1) is 7.84. The molecule has 1 aliphatic rings. The van der Waals surface area contributed by atoms with E-state index in [-0.39, 0.29) is 12.0 Å². The Hall–Kier alpha value is -0.610. The van der Waals surface area contributed by atoms with Crippen molar-refractivity contribution < 1.29 is 14.3 Å². The summed E-state index contributed by atoms with van der Waals surface area (Å²) in [5.74, 6) is -0.126. The fourth-order valence-corrected chi connectivity index (χ4v) is 1.70. The van der Waals surface area contributed by atoms with Gasteiger partial charge in [-0.2, -0.15) is 0 Å². The molecule has 1 aliphatic heterocycles. The molecular weight excluding hydrogens is 206 g/mol. The Morgan fingerprint density at radius 3 is 2.88 bits per heavy atom. The van der Waals surface area contributed by atoms with Crippen molar-refractivity contribution in [3.63, 3.8) is 0 Å². The van der Waals surface area contributed by atoms with Crippen LogP contribution in [0.3, 0.4) is 0 Å². The highest BCUT2D eigenvalue weighted by atomic mass is 16.6. The van der Waals surface area contributed by atoms with Gasteiger partial charge in [0.15, 0.2) is 0 Å². The zero-order valence-corrected chi connectivity index (χ0v) is 10.2. The molecule has 0 aromatic heterocycles. The first-order valence-corrected chi connectivity index (χ1v) is 6.32. The summed E-state index contributed by atoms with van der Waals surface area (Å²) >= 11 is 0. The SMILES string of the molecule is CCCCOCCOC(=O)C1CCCCN1. The van der Waals surface area contributed by atoms with Crippen molar-refractivity contribution in [3.8, 4) is 0 Å². The molecule has 4 heteroatoms. The van der Waals surface area contributed by atoms with E-state index in [2.05, 4.69) is 12.2 Å². The fourth-order valence-electron chi connectivity index (χ4n) is 1.70. The lowest BCUT2D eigenvalue weighted by Crippen LogP contribution is -2.41. The predicted octanol–water partition coefficient (Wildman–Crippen LogP) is 1.49. The number of piperidine rings is 1. The second-order valence-electron chi connectivity index (χ2n) is 4.14. The molecule has 0 aliphatic carbocycles. The minimum Gasteiger partial charge on any atom is -0.462 e. The molecule has 1 unspecified atom stereocenters. The third kappa shape index (κ3) is 5.47. The number of carbonyl (C=O) groups excluding carboxylic acids is 1. The summed E-state index contributed by atoms with van der Waals surface area (Å²) in [7, 11) is 0. The molecule has 1 atom stereocenters. The van der Waals surface area contributed by atoms with Crippen molar-refractivity contribution in [2.24, 2.45) is 0 Å². The summed E-state index contributed by atoms with van der Waals surface area (Å²) in [6.07, 6.45) is 5.36. The van der Waals surface area contributed by atoms with Gasteiger partial charge in [-0.1, -0.05) is 19.8 Å². The summed E-state index contributed by atoms with van der Waals surface area (Å²) < 4.78 is 10.4. The molecule has 0 aromatic rings. The van der Waals surface area contributed by atoms with Gasteiger partial charge in [0.25, 0.3) is 0 Å². The van der Waals surface area contributed by atoms with Gasteiger partial charge >= 0.3 is 5.97 Å². The number of hydrogen-bond donors (Lipinski definition) is 1. The lowest BCUT2D eigenvalue weighted by molar-refractivity contribution is -0.148. The molecule has 0 saturated carbocycles. The molecule has 0 spiro atoms. The van der Waals surface area contributed by atoms with E-state index in [9.17, 15) is 4.79 Å². The Morgan fingerprint density at radius 2 is 2.19 bits per heavy atom. The van der Waals surface area contributed by atoms with E-state index in [1.54, 1.807) is 0 Å². The Bertz CT molecular complexity index is 191. The minimum atomic E-state index is -0.126. The summed E-state index contributed by atoms with van der Waals surface area (Å²) in [6.45, 7) is 4.69. The minimum absolute atomic E-state index is 0.0932. The molecule has 1 saturated heterocycles. The van der Waals surface area contributed by atoms with Crippen LogP contribution >= 0.6 is 0 Å². The Kier molecular flexibility index (Phi) is 7.17. The van der Waals surface area contributed by atoms with Crippen LogP contribution in [0.15, 0.2) is 0 Å². The average molecular weight is 229 g/mol. The molecule has 0 amide bonds. The van der Waals surface area contributed by atoms with Gasteiger partial charge in [0.1, 0.15) is 12.6 Å². The van der Waals surface area contributed by atoms with Crippen LogP contribution in [-0.2, 0) is 14.3 Å². The second kappa shape index (κ2) is 8.53. The molecule has 1 heterocycles. The van der Waals surface area contributed by atoms with Gasteiger partial charge in [-0.05, 0) is 25.8 Å². The van der Waals surface area contributed by atoms with Crippen molar-refractivity contribution >= 4 is 5.97 Å². The van der Waals surface area contributed by atoms with Crippen LogP contribution in [0.5, 0.6) is 0 Å². The van der Waals surface area contributed by atoms with E-state index in [0.29, 0.717) is 13.2 Å². The zero-order chi connectivity index (χ0) is 11.6. The van der Waals surface area contributed by atoms with Crippen LogP contribution in [0.25, 0.3) is 0 Å². The largest absolute Gasteiger partial charge is 0.462 e. The maximum Gasteiger partial charge on any atom is 0.323 e. The van der Waals surface area contributed by atoms with E-state index in [0.717, 1.165) is 45.3 Å². The first-order valence-electron chi connectivity index (χ1n) is 6.32. The van der Waals surface area contributed by atoms with Crippen molar-refractivity contribution in [3.05, 3.63) is 0 Å². The van der Waals surface area contributed by atoms with Gasteiger partial charge < -0.3 is 14.8 Å². The van der Waals surface area contributed by atoms with E-state index >= 15 is 0 Å². The third-order valence-corrected chi connectivity index (χ3v) is 2.71. The summed E-state index contributed by atoms with van der Waals surface area (Å²) in [5, 5.41) is 3.16. The Morgan fingerprint density at radius 1 is 1.31 bits per heavy atom. The Balaban J connectivity index is 1.97. The fraction of sp³-hybridized carbons (Fsp3) is 0.917. The van der Waals surface area contributed by atoms with Crippen molar-refractivity contribution in [1.29, 1.82) is 0 Å². The van der Waals surface area contributed by atoms with E-state index in [4.69, 9.17) is 9.47 Å². The number of nitrogens with one attached hydrogen (secondary N) is 1. The molecular formula is C12H23NO3. The third-order valence-electron chi connectivity index (χ3n) is 2.71. The number of hydrogen-bond acceptors (Lipinski definition) is 4. The molecule has 0 bridgehead atoms. The van der Waals surface area contributed by atoms with Crippen LogP contribution in [0.2, 0.25) is 0 Å². The van der Waals surface area contributed by atoms with E-state index in [1.807, 2.05) is 0 Å². The summed E-state index contributed by atoms with van der Waals surface area (Å²) in [6, 6.07) is -0.0932. The van der Waals surface area contributed by atoms with Crippen molar-refractivity contribution in [1.82, 2.24) is 5.32 Å². The van der Waals surface area contributed by atoms with Gasteiger partial charge in [-0.3, -0.25) is 4.79 Å². The lowest BCUT2D eigenvalue weighted by atomic mass is 10.1. The van der Waals surface area contributed by atoms with Gasteiger partial charge in [0.2, 0.25) is 0 Å². The lowest BCUT2D eigenvalue weighted by Gasteiger charge is -2.21. The number of ether oxygens (including phenoxy) is 2. The van der Waals surface area contributed by atoms with Crippen LogP contribution in [0.1, 0.15) is 39.0 Å². The van der Waals surface area contributed by atoms with Crippen LogP contribution in [0, 0.1) is 0 Å². The van der Waals surface area contributed by atoms with Gasteiger partial charge in [0.05, 0.1) is 6.61 Å². The molecule has 1 rings (SSSR count). The molecule has 94 valence electrons. The Labute approximate surface area is 97.7 Å². The van der Waals surface area contributed by atoms with Gasteiger partial charge in [-0.15, -0.1) is 0 Å². The zero-order valence-electron chi connectivity index (χ0n) is 10.2. The molecule has 0 radical (unpaired) electrons. The molecule has 1 N–H and O–H groups in total. The average Bonchev–Trinajstić information content (AvgIpc) is 2.34. The molecule has 16 heavy (non-hydrogen) atoms. The molecule has 0 aromatic carbocycles. The quantitative estimate of drug-likeness (QED) is 0.531. The maximum absolute atomic E-state index is 11.5. The number of rotatable bonds is 7. The summed E-state index contributed by atoms with van der Waals surface area (Å²) in [5.41, 5.74) is 0. The van der Waals surface area contributed by atoms with E-state index < -0.39 is 0 Å². The standard InChI is InChI=1S/C12H23NO3/c1-2-3-8-15-9-10-16-12(14)11-6-4-5-7-13-11/h11,13H,2-10H2,1H3. The van der Waals surface area contributed by atoms with Gasteiger partial charge in [-0.25, -0.2) is 0 Å². The van der Waals surface area contributed by atoms with Crippen LogP contribution in [0.4, 0.5) is 0 Å². The highest BCUT2D eigenvalue weighted by Crippen LogP contribution is 2.08. The highest BCUT2D eigenvalue weighted by Gasteiger charge is 2.21. The first kappa shape index (κ1) is 13.5. The second-order valence-corrected chi connectivity index (χ2v) is 4.14. The topological polar surface area (TPSA) is 47.6 Å². The number of carbonyl (C=O) groups is 1. The number of unbranched alkanes of at least 4 members (excludes halogenated alkanes) is 1.